The summed E-state index contributed by atoms with van der Waals surface area (Å²) < 4.78 is 11.1. The fourth-order valence-electron chi connectivity index (χ4n) is 2.60. The Morgan fingerprint density at radius 1 is 1.16 bits per heavy atom. The van der Waals surface area contributed by atoms with Crippen LogP contribution in [0.3, 0.4) is 0 Å². The van der Waals surface area contributed by atoms with Crippen LogP contribution in [0.15, 0.2) is 48.5 Å². The number of ether oxygens (including phenoxy) is 2. The summed E-state index contributed by atoms with van der Waals surface area (Å²) in [6.45, 7) is 2.31. The standard InChI is InChI=1S/C19H21N3O3/c1-13(25-18-10-6-5-9-17(18)24-2)12-20-19(23)11-16-14-7-3-4-8-15(14)21-22-16/h3-10,13H,11-12H2,1-2H3,(H,20,23)(H,21,22)/t13-/m0/s1. The lowest BCUT2D eigenvalue weighted by atomic mass is 10.1. The second-order valence-electron chi connectivity index (χ2n) is 5.78. The number of benzene rings is 2. The Balaban J connectivity index is 1.53. The Morgan fingerprint density at radius 3 is 2.68 bits per heavy atom. The van der Waals surface area contributed by atoms with Crippen molar-refractivity contribution in [2.24, 2.45) is 0 Å². The van der Waals surface area contributed by atoms with Gasteiger partial charge in [-0.05, 0) is 25.1 Å². The maximum atomic E-state index is 12.2. The molecule has 0 aliphatic carbocycles. The first-order valence-electron chi connectivity index (χ1n) is 8.15. The lowest BCUT2D eigenvalue weighted by Gasteiger charge is -2.17. The Bertz CT molecular complexity index is 860. The molecule has 2 N–H and O–H groups in total. The Labute approximate surface area is 146 Å². The third kappa shape index (κ3) is 4.09. The number of para-hydroxylation sites is 3. The minimum absolute atomic E-state index is 0.0788. The summed E-state index contributed by atoms with van der Waals surface area (Å²) in [5.41, 5.74) is 1.67. The minimum Gasteiger partial charge on any atom is -0.493 e. The molecule has 1 aromatic heterocycles. The molecule has 25 heavy (non-hydrogen) atoms. The van der Waals surface area contributed by atoms with Gasteiger partial charge < -0.3 is 14.8 Å². The lowest BCUT2D eigenvalue weighted by Crippen LogP contribution is -2.34. The number of aromatic amines is 1. The Morgan fingerprint density at radius 2 is 1.88 bits per heavy atom. The molecule has 3 rings (SSSR count). The Kier molecular flexibility index (Phi) is 5.18. The summed E-state index contributed by atoms with van der Waals surface area (Å²) in [7, 11) is 1.60. The van der Waals surface area contributed by atoms with E-state index in [1.54, 1.807) is 7.11 Å². The van der Waals surface area contributed by atoms with Crippen molar-refractivity contribution in [3.8, 4) is 11.5 Å². The first-order valence-corrected chi connectivity index (χ1v) is 8.15. The van der Waals surface area contributed by atoms with Gasteiger partial charge in [0.15, 0.2) is 11.5 Å². The van der Waals surface area contributed by atoms with Crippen LogP contribution in [0.25, 0.3) is 10.9 Å². The molecule has 0 saturated heterocycles. The van der Waals surface area contributed by atoms with E-state index in [2.05, 4.69) is 15.5 Å². The normalized spacial score (nSPS) is 11.9. The molecule has 3 aromatic rings. The molecule has 0 fully saturated rings. The van der Waals surface area contributed by atoms with E-state index in [9.17, 15) is 4.79 Å². The number of hydrogen-bond donors (Lipinski definition) is 2. The third-order valence-corrected chi connectivity index (χ3v) is 3.86. The molecule has 0 bridgehead atoms. The number of nitrogens with one attached hydrogen (secondary N) is 2. The topological polar surface area (TPSA) is 76.2 Å². The summed E-state index contributed by atoms with van der Waals surface area (Å²) in [5, 5.41) is 11.0. The van der Waals surface area contributed by atoms with Gasteiger partial charge in [-0.2, -0.15) is 5.10 Å². The molecular formula is C19H21N3O3. The number of carbonyl (C=O) groups is 1. The molecule has 1 heterocycles. The number of rotatable bonds is 7. The molecular weight excluding hydrogens is 318 g/mol. The van der Waals surface area contributed by atoms with E-state index in [4.69, 9.17) is 9.47 Å². The maximum Gasteiger partial charge on any atom is 0.226 e. The van der Waals surface area contributed by atoms with Crippen molar-refractivity contribution in [3.63, 3.8) is 0 Å². The number of nitrogens with zero attached hydrogens (tertiary/aromatic N) is 1. The number of H-pyrrole nitrogens is 1. The average molecular weight is 339 g/mol. The van der Waals surface area contributed by atoms with Gasteiger partial charge in [-0.15, -0.1) is 0 Å². The van der Waals surface area contributed by atoms with Gasteiger partial charge in [-0.25, -0.2) is 0 Å². The molecule has 0 radical (unpaired) electrons. The molecule has 0 spiro atoms. The summed E-state index contributed by atoms with van der Waals surface area (Å²) in [6.07, 6.45) is 0.0702. The highest BCUT2D eigenvalue weighted by Gasteiger charge is 2.12. The van der Waals surface area contributed by atoms with Crippen molar-refractivity contribution in [3.05, 3.63) is 54.2 Å². The molecule has 6 nitrogen and oxygen atoms in total. The number of amides is 1. The monoisotopic (exact) mass is 339 g/mol. The van der Waals surface area contributed by atoms with Crippen LogP contribution in [-0.4, -0.2) is 35.9 Å². The van der Waals surface area contributed by atoms with E-state index in [0.717, 1.165) is 16.6 Å². The van der Waals surface area contributed by atoms with Crippen molar-refractivity contribution in [2.75, 3.05) is 13.7 Å². The zero-order valence-corrected chi connectivity index (χ0v) is 14.3. The largest absolute Gasteiger partial charge is 0.493 e. The number of hydrogen-bond acceptors (Lipinski definition) is 4. The molecule has 1 amide bonds. The minimum atomic E-state index is -0.182. The molecule has 0 saturated carbocycles. The SMILES string of the molecule is COc1ccccc1O[C@@H](C)CNC(=O)Cc1[nH]nc2ccccc12. The fourth-order valence-corrected chi connectivity index (χ4v) is 2.60. The molecule has 1 atom stereocenters. The summed E-state index contributed by atoms with van der Waals surface area (Å²) in [4.78, 5) is 12.2. The molecule has 130 valence electrons. The first-order chi connectivity index (χ1) is 12.2. The number of aromatic nitrogens is 2. The van der Waals surface area contributed by atoms with Gasteiger partial charge in [0.25, 0.3) is 0 Å². The fraction of sp³-hybridized carbons (Fsp3) is 0.263. The summed E-state index contributed by atoms with van der Waals surface area (Å²) in [5.74, 6) is 1.25. The second-order valence-corrected chi connectivity index (χ2v) is 5.78. The second kappa shape index (κ2) is 7.70. The number of carbonyl (C=O) groups excluding carboxylic acids is 1. The van der Waals surface area contributed by atoms with Crippen molar-refractivity contribution >= 4 is 16.8 Å². The first kappa shape index (κ1) is 16.8. The molecule has 6 heteroatoms. The van der Waals surface area contributed by atoms with E-state index in [0.29, 0.717) is 18.0 Å². The third-order valence-electron chi connectivity index (χ3n) is 3.86. The predicted molar refractivity (Wildman–Crippen MR) is 95.9 cm³/mol. The zero-order chi connectivity index (χ0) is 17.6. The lowest BCUT2D eigenvalue weighted by molar-refractivity contribution is -0.120. The van der Waals surface area contributed by atoms with Gasteiger partial charge in [0, 0.05) is 5.39 Å². The van der Waals surface area contributed by atoms with Crippen molar-refractivity contribution in [1.82, 2.24) is 15.5 Å². The van der Waals surface area contributed by atoms with Crippen molar-refractivity contribution in [1.29, 1.82) is 0 Å². The summed E-state index contributed by atoms with van der Waals surface area (Å²) in [6, 6.07) is 15.2. The highest BCUT2D eigenvalue weighted by Crippen LogP contribution is 2.26. The molecule has 0 aliphatic heterocycles. The van der Waals surface area contributed by atoms with Gasteiger partial charge in [0.05, 0.1) is 31.3 Å². The van der Waals surface area contributed by atoms with E-state index in [1.165, 1.54) is 0 Å². The number of methoxy groups -OCH3 is 1. The van der Waals surface area contributed by atoms with Crippen molar-refractivity contribution in [2.45, 2.75) is 19.4 Å². The summed E-state index contributed by atoms with van der Waals surface area (Å²) >= 11 is 0. The van der Waals surface area contributed by atoms with Crippen molar-refractivity contribution < 1.29 is 14.3 Å². The zero-order valence-electron chi connectivity index (χ0n) is 14.3. The highest BCUT2D eigenvalue weighted by atomic mass is 16.5. The van der Waals surface area contributed by atoms with Crippen LogP contribution in [0, 0.1) is 0 Å². The molecule has 0 aliphatic rings. The van der Waals surface area contributed by atoms with Crippen LogP contribution in [0.2, 0.25) is 0 Å². The highest BCUT2D eigenvalue weighted by molar-refractivity contribution is 5.87. The van der Waals surface area contributed by atoms with Gasteiger partial charge in [0.2, 0.25) is 5.91 Å². The molecule has 2 aromatic carbocycles. The van der Waals surface area contributed by atoms with E-state index in [1.807, 2.05) is 55.5 Å². The van der Waals surface area contributed by atoms with E-state index < -0.39 is 0 Å². The maximum absolute atomic E-state index is 12.2. The number of fused-ring (bicyclic) bond motifs is 1. The van der Waals surface area contributed by atoms with Crippen LogP contribution in [0.1, 0.15) is 12.6 Å². The van der Waals surface area contributed by atoms with Gasteiger partial charge in [-0.3, -0.25) is 9.89 Å². The van der Waals surface area contributed by atoms with Gasteiger partial charge >= 0.3 is 0 Å². The van der Waals surface area contributed by atoms with Crippen LogP contribution in [-0.2, 0) is 11.2 Å². The molecule has 0 unspecified atom stereocenters. The van der Waals surface area contributed by atoms with Crippen LogP contribution in [0.4, 0.5) is 0 Å². The predicted octanol–water partition coefficient (Wildman–Crippen LogP) is 2.70. The van der Waals surface area contributed by atoms with E-state index in [-0.39, 0.29) is 18.4 Å². The van der Waals surface area contributed by atoms with Crippen LogP contribution >= 0.6 is 0 Å². The van der Waals surface area contributed by atoms with Gasteiger partial charge in [0.1, 0.15) is 6.10 Å². The Hall–Kier alpha value is -3.02. The van der Waals surface area contributed by atoms with Crippen LogP contribution in [0.5, 0.6) is 11.5 Å². The smallest absolute Gasteiger partial charge is 0.226 e. The van der Waals surface area contributed by atoms with E-state index >= 15 is 0 Å². The van der Waals surface area contributed by atoms with Gasteiger partial charge in [-0.1, -0.05) is 30.3 Å². The average Bonchev–Trinajstić information content (AvgIpc) is 3.03. The van der Waals surface area contributed by atoms with Crippen LogP contribution < -0.4 is 14.8 Å². The quantitative estimate of drug-likeness (QED) is 0.694.